The third-order valence-corrected chi connectivity index (χ3v) is 3.29. The molecule has 0 heterocycles. The van der Waals surface area contributed by atoms with Gasteiger partial charge < -0.3 is 0 Å². The van der Waals surface area contributed by atoms with Gasteiger partial charge in [0.2, 0.25) is 0 Å². The maximum absolute atomic E-state index is 10.5. The highest BCUT2D eigenvalue weighted by Crippen LogP contribution is 2.25. The van der Waals surface area contributed by atoms with Gasteiger partial charge in [-0.2, -0.15) is 0 Å². The Kier molecular flexibility index (Phi) is 4.88. The van der Waals surface area contributed by atoms with Crippen molar-refractivity contribution in [3.63, 3.8) is 0 Å². The fraction of sp³-hybridized carbons (Fsp3) is 0.700. The Labute approximate surface area is 87.8 Å². The van der Waals surface area contributed by atoms with Crippen LogP contribution in [0, 0.1) is 5.92 Å². The molecule has 0 aromatic carbocycles. The highest BCUT2D eigenvalue weighted by atomic mass is 127. The number of allylic oxidation sites excluding steroid dienone is 2. The number of alkyl halides is 1. The molecule has 0 atom stereocenters. The quantitative estimate of drug-likeness (QED) is 0.335. The van der Waals surface area contributed by atoms with Crippen LogP contribution >= 0.6 is 22.6 Å². The standard InChI is InChI=1S/C10H15IO/c11-7-10(8-12)6-9-4-2-1-3-5-9/h6,8-9H,1-5,7H2/b10-6-. The van der Waals surface area contributed by atoms with Crippen LogP contribution in [0.25, 0.3) is 0 Å². The lowest BCUT2D eigenvalue weighted by Gasteiger charge is -2.18. The molecule has 0 spiro atoms. The Morgan fingerprint density at radius 1 is 1.33 bits per heavy atom. The lowest BCUT2D eigenvalue weighted by atomic mass is 9.88. The normalized spacial score (nSPS) is 20.9. The molecule has 1 aliphatic carbocycles. The molecular formula is C10H15IO. The van der Waals surface area contributed by atoms with E-state index in [0.29, 0.717) is 5.92 Å². The summed E-state index contributed by atoms with van der Waals surface area (Å²) >= 11 is 2.25. The molecule has 1 nitrogen and oxygen atoms in total. The van der Waals surface area contributed by atoms with Gasteiger partial charge >= 0.3 is 0 Å². The first-order chi connectivity index (χ1) is 5.86. The number of carbonyl (C=O) groups is 1. The van der Waals surface area contributed by atoms with Crippen molar-refractivity contribution in [2.45, 2.75) is 32.1 Å². The Hall–Kier alpha value is 0.140. The summed E-state index contributed by atoms with van der Waals surface area (Å²) in [7, 11) is 0. The van der Waals surface area contributed by atoms with Crippen molar-refractivity contribution >= 4 is 28.9 Å². The first-order valence-electron chi connectivity index (χ1n) is 4.58. The van der Waals surface area contributed by atoms with Crippen LogP contribution in [-0.2, 0) is 4.79 Å². The van der Waals surface area contributed by atoms with Crippen molar-refractivity contribution < 1.29 is 4.79 Å². The molecule has 0 radical (unpaired) electrons. The van der Waals surface area contributed by atoms with Gasteiger partial charge in [0.15, 0.2) is 0 Å². The second-order valence-electron chi connectivity index (χ2n) is 3.39. The third kappa shape index (κ3) is 3.25. The zero-order valence-electron chi connectivity index (χ0n) is 7.26. The van der Waals surface area contributed by atoms with E-state index < -0.39 is 0 Å². The van der Waals surface area contributed by atoms with E-state index in [9.17, 15) is 4.79 Å². The molecule has 0 N–H and O–H groups in total. The van der Waals surface area contributed by atoms with Crippen LogP contribution in [-0.4, -0.2) is 10.7 Å². The molecule has 0 aromatic heterocycles. The summed E-state index contributed by atoms with van der Waals surface area (Å²) in [5.74, 6) is 0.689. The summed E-state index contributed by atoms with van der Waals surface area (Å²) < 4.78 is 0.859. The van der Waals surface area contributed by atoms with E-state index in [1.54, 1.807) is 0 Å². The molecular weight excluding hydrogens is 263 g/mol. The number of carbonyl (C=O) groups excluding carboxylic acids is 1. The first-order valence-corrected chi connectivity index (χ1v) is 6.11. The van der Waals surface area contributed by atoms with Crippen LogP contribution in [0.3, 0.4) is 0 Å². The predicted octanol–water partition coefficient (Wildman–Crippen LogP) is 3.13. The van der Waals surface area contributed by atoms with Gasteiger partial charge in [-0.05, 0) is 24.3 Å². The average molecular weight is 278 g/mol. The minimum atomic E-state index is 0.689. The summed E-state index contributed by atoms with van der Waals surface area (Å²) in [4.78, 5) is 10.5. The van der Waals surface area contributed by atoms with Gasteiger partial charge in [0, 0.05) is 4.43 Å². The van der Waals surface area contributed by atoms with Crippen molar-refractivity contribution in [2.24, 2.45) is 5.92 Å². The van der Waals surface area contributed by atoms with Gasteiger partial charge in [-0.25, -0.2) is 0 Å². The monoisotopic (exact) mass is 278 g/mol. The second-order valence-corrected chi connectivity index (χ2v) is 4.15. The number of rotatable bonds is 3. The Morgan fingerprint density at radius 2 is 2.00 bits per heavy atom. The van der Waals surface area contributed by atoms with Crippen LogP contribution < -0.4 is 0 Å². The minimum Gasteiger partial charge on any atom is -0.298 e. The molecule has 0 saturated heterocycles. The van der Waals surface area contributed by atoms with Crippen molar-refractivity contribution in [3.05, 3.63) is 11.6 Å². The molecule has 0 aliphatic heterocycles. The second kappa shape index (κ2) is 5.73. The first kappa shape index (κ1) is 10.2. The van der Waals surface area contributed by atoms with Crippen molar-refractivity contribution in [2.75, 3.05) is 4.43 Å². The van der Waals surface area contributed by atoms with Gasteiger partial charge in [-0.3, -0.25) is 4.79 Å². The summed E-state index contributed by atoms with van der Waals surface area (Å²) in [6.07, 6.45) is 9.82. The van der Waals surface area contributed by atoms with E-state index in [0.717, 1.165) is 16.3 Å². The predicted molar refractivity (Wildman–Crippen MR) is 59.6 cm³/mol. The van der Waals surface area contributed by atoms with Crippen molar-refractivity contribution in [1.29, 1.82) is 0 Å². The SMILES string of the molecule is O=C/C(=C\C1CCCCC1)CI. The average Bonchev–Trinajstić information content (AvgIpc) is 2.16. The summed E-state index contributed by atoms with van der Waals surface area (Å²) in [6.45, 7) is 0. The zero-order chi connectivity index (χ0) is 8.81. The van der Waals surface area contributed by atoms with E-state index >= 15 is 0 Å². The van der Waals surface area contributed by atoms with Gasteiger partial charge in [-0.1, -0.05) is 47.9 Å². The molecule has 0 amide bonds. The Bertz CT molecular complexity index is 169. The van der Waals surface area contributed by atoms with E-state index in [2.05, 4.69) is 28.7 Å². The maximum Gasteiger partial charge on any atom is 0.146 e. The fourth-order valence-corrected chi connectivity index (χ4v) is 2.15. The summed E-state index contributed by atoms with van der Waals surface area (Å²) in [5.41, 5.74) is 0.975. The zero-order valence-corrected chi connectivity index (χ0v) is 9.42. The highest BCUT2D eigenvalue weighted by Gasteiger charge is 2.11. The summed E-state index contributed by atoms with van der Waals surface area (Å²) in [6, 6.07) is 0. The largest absolute Gasteiger partial charge is 0.298 e. The molecule has 1 saturated carbocycles. The van der Waals surface area contributed by atoms with Crippen LogP contribution in [0.2, 0.25) is 0 Å². The van der Waals surface area contributed by atoms with E-state index in [4.69, 9.17) is 0 Å². The van der Waals surface area contributed by atoms with Crippen LogP contribution in [0.1, 0.15) is 32.1 Å². The van der Waals surface area contributed by atoms with E-state index in [1.165, 1.54) is 32.1 Å². The molecule has 1 fully saturated rings. The molecule has 1 rings (SSSR count). The highest BCUT2D eigenvalue weighted by molar-refractivity contribution is 14.1. The number of hydrogen-bond acceptors (Lipinski definition) is 1. The minimum absolute atomic E-state index is 0.689. The fourth-order valence-electron chi connectivity index (χ4n) is 1.72. The van der Waals surface area contributed by atoms with Gasteiger partial charge in [0.05, 0.1) is 0 Å². The van der Waals surface area contributed by atoms with E-state index in [-0.39, 0.29) is 0 Å². The van der Waals surface area contributed by atoms with Gasteiger partial charge in [0.25, 0.3) is 0 Å². The molecule has 12 heavy (non-hydrogen) atoms. The molecule has 2 heteroatoms. The summed E-state index contributed by atoms with van der Waals surface area (Å²) in [5, 5.41) is 0. The molecule has 1 aliphatic rings. The Morgan fingerprint density at radius 3 is 2.50 bits per heavy atom. The van der Waals surface area contributed by atoms with Gasteiger partial charge in [-0.15, -0.1) is 0 Å². The topological polar surface area (TPSA) is 17.1 Å². The van der Waals surface area contributed by atoms with Gasteiger partial charge in [0.1, 0.15) is 6.29 Å². The number of aldehydes is 1. The molecule has 0 aromatic rings. The molecule has 68 valence electrons. The van der Waals surface area contributed by atoms with Crippen LogP contribution in [0.5, 0.6) is 0 Å². The Balaban J connectivity index is 2.45. The van der Waals surface area contributed by atoms with Crippen LogP contribution in [0.4, 0.5) is 0 Å². The smallest absolute Gasteiger partial charge is 0.146 e. The maximum atomic E-state index is 10.5. The van der Waals surface area contributed by atoms with Crippen LogP contribution in [0.15, 0.2) is 11.6 Å². The molecule has 0 bridgehead atoms. The van der Waals surface area contributed by atoms with Crippen molar-refractivity contribution in [1.82, 2.24) is 0 Å². The lowest BCUT2D eigenvalue weighted by molar-refractivity contribution is -0.104. The number of halogens is 1. The third-order valence-electron chi connectivity index (χ3n) is 2.41. The van der Waals surface area contributed by atoms with Crippen molar-refractivity contribution in [3.8, 4) is 0 Å². The lowest BCUT2D eigenvalue weighted by Crippen LogP contribution is -2.04. The van der Waals surface area contributed by atoms with E-state index in [1.807, 2.05) is 0 Å². The molecule has 0 unspecified atom stereocenters. The number of hydrogen-bond donors (Lipinski definition) is 0.